The summed E-state index contributed by atoms with van der Waals surface area (Å²) in [6.07, 6.45) is 0.774. The zero-order valence-electron chi connectivity index (χ0n) is 10.6. The molecule has 0 amide bonds. The number of hydrogen-bond donors (Lipinski definition) is 0. The number of anilines is 1. The van der Waals surface area contributed by atoms with E-state index in [1.807, 2.05) is 0 Å². The van der Waals surface area contributed by atoms with Crippen LogP contribution in [0.25, 0.3) is 0 Å². The SMILES string of the molecule is CN(c1cc(C(F)(F)F)ccn1)C1CCCCC1Cl. The maximum absolute atomic E-state index is 12.7. The standard InChI is InChI=1S/C13H16ClF3N2/c1-19(11-5-3-2-4-10(11)14)12-8-9(6-7-18-12)13(15,16)17/h6-8,10-11H,2-5H2,1H3. The first-order valence-corrected chi connectivity index (χ1v) is 6.73. The fourth-order valence-electron chi connectivity index (χ4n) is 2.46. The smallest absolute Gasteiger partial charge is 0.355 e. The molecule has 0 aromatic carbocycles. The summed E-state index contributed by atoms with van der Waals surface area (Å²) in [4.78, 5) is 5.80. The molecule has 1 aromatic rings. The van der Waals surface area contributed by atoms with E-state index in [-0.39, 0.29) is 11.4 Å². The lowest BCUT2D eigenvalue weighted by Gasteiger charge is -2.35. The highest BCUT2D eigenvalue weighted by Crippen LogP contribution is 2.33. The summed E-state index contributed by atoms with van der Waals surface area (Å²) in [6, 6.07) is 2.11. The van der Waals surface area contributed by atoms with Gasteiger partial charge >= 0.3 is 6.18 Å². The maximum atomic E-state index is 12.7. The third-order valence-corrected chi connectivity index (χ3v) is 4.09. The monoisotopic (exact) mass is 292 g/mol. The fraction of sp³-hybridized carbons (Fsp3) is 0.615. The Hall–Kier alpha value is -0.970. The van der Waals surface area contributed by atoms with Gasteiger partial charge in [-0.3, -0.25) is 0 Å². The minimum absolute atomic E-state index is 0.0323. The molecule has 0 saturated heterocycles. The topological polar surface area (TPSA) is 16.1 Å². The Morgan fingerprint density at radius 1 is 1.32 bits per heavy atom. The van der Waals surface area contributed by atoms with E-state index < -0.39 is 11.7 Å². The number of nitrogens with zero attached hydrogens (tertiary/aromatic N) is 2. The molecule has 1 aromatic heterocycles. The zero-order valence-corrected chi connectivity index (χ0v) is 11.4. The largest absolute Gasteiger partial charge is 0.416 e. The summed E-state index contributed by atoms with van der Waals surface area (Å²) in [7, 11) is 1.76. The molecular formula is C13H16ClF3N2. The van der Waals surface area contributed by atoms with Crippen LogP contribution in [0.15, 0.2) is 18.3 Å². The number of hydrogen-bond acceptors (Lipinski definition) is 2. The fourth-order valence-corrected chi connectivity index (χ4v) is 2.91. The number of rotatable bonds is 2. The second-order valence-electron chi connectivity index (χ2n) is 4.88. The minimum Gasteiger partial charge on any atom is -0.355 e. The summed E-state index contributed by atoms with van der Waals surface area (Å²) >= 11 is 6.27. The molecule has 1 aliphatic carbocycles. The van der Waals surface area contributed by atoms with E-state index in [0.29, 0.717) is 5.82 Å². The second-order valence-corrected chi connectivity index (χ2v) is 5.44. The first-order chi connectivity index (χ1) is 8.89. The van der Waals surface area contributed by atoms with Crippen LogP contribution in [0, 0.1) is 0 Å². The van der Waals surface area contributed by atoms with E-state index in [0.717, 1.165) is 37.8 Å². The van der Waals surface area contributed by atoms with Gasteiger partial charge in [0.25, 0.3) is 0 Å². The molecule has 2 atom stereocenters. The van der Waals surface area contributed by atoms with Gasteiger partial charge in [-0.25, -0.2) is 4.98 Å². The van der Waals surface area contributed by atoms with Crippen molar-refractivity contribution in [3.63, 3.8) is 0 Å². The Kier molecular flexibility index (Phi) is 4.23. The predicted octanol–water partition coefficient (Wildman–Crippen LogP) is 4.09. The molecule has 1 aliphatic rings. The first kappa shape index (κ1) is 14.4. The third-order valence-electron chi connectivity index (χ3n) is 3.58. The lowest BCUT2D eigenvalue weighted by molar-refractivity contribution is -0.137. The molecule has 1 fully saturated rings. The Morgan fingerprint density at radius 2 is 2.00 bits per heavy atom. The number of halogens is 4. The van der Waals surface area contributed by atoms with Crippen molar-refractivity contribution in [2.45, 2.75) is 43.3 Å². The summed E-state index contributed by atoms with van der Waals surface area (Å²) in [5.74, 6) is 0.326. The van der Waals surface area contributed by atoms with Crippen molar-refractivity contribution >= 4 is 17.4 Å². The van der Waals surface area contributed by atoms with Crippen LogP contribution in [-0.2, 0) is 6.18 Å². The molecule has 0 radical (unpaired) electrons. The molecule has 1 saturated carbocycles. The van der Waals surface area contributed by atoms with Crippen molar-refractivity contribution in [1.82, 2.24) is 4.98 Å². The Labute approximate surface area is 115 Å². The third kappa shape index (κ3) is 3.32. The highest BCUT2D eigenvalue weighted by molar-refractivity contribution is 6.21. The van der Waals surface area contributed by atoms with Gasteiger partial charge in [0.05, 0.1) is 10.9 Å². The zero-order chi connectivity index (χ0) is 14.0. The Balaban J connectivity index is 2.21. The second kappa shape index (κ2) is 5.57. The van der Waals surface area contributed by atoms with Crippen molar-refractivity contribution in [2.75, 3.05) is 11.9 Å². The number of aromatic nitrogens is 1. The van der Waals surface area contributed by atoms with E-state index in [1.54, 1.807) is 11.9 Å². The van der Waals surface area contributed by atoms with Crippen LogP contribution in [0.4, 0.5) is 19.0 Å². The van der Waals surface area contributed by atoms with Crippen LogP contribution in [0.1, 0.15) is 31.2 Å². The molecule has 0 bridgehead atoms. The summed E-state index contributed by atoms with van der Waals surface area (Å²) in [5, 5.41) is -0.0323. The normalized spacial score (nSPS) is 24.3. The molecule has 0 spiro atoms. The highest BCUT2D eigenvalue weighted by Gasteiger charge is 2.32. The van der Waals surface area contributed by atoms with Crippen molar-refractivity contribution in [3.8, 4) is 0 Å². The van der Waals surface area contributed by atoms with Gasteiger partial charge in [0, 0.05) is 19.3 Å². The van der Waals surface area contributed by atoms with E-state index in [4.69, 9.17) is 11.6 Å². The minimum atomic E-state index is -4.34. The molecule has 6 heteroatoms. The Morgan fingerprint density at radius 3 is 2.63 bits per heavy atom. The number of alkyl halides is 4. The van der Waals surface area contributed by atoms with Crippen LogP contribution >= 0.6 is 11.6 Å². The van der Waals surface area contributed by atoms with Crippen molar-refractivity contribution in [3.05, 3.63) is 23.9 Å². The van der Waals surface area contributed by atoms with Gasteiger partial charge in [-0.05, 0) is 25.0 Å². The molecule has 0 aliphatic heterocycles. The molecule has 2 unspecified atom stereocenters. The van der Waals surface area contributed by atoms with E-state index in [1.165, 1.54) is 6.20 Å². The first-order valence-electron chi connectivity index (χ1n) is 6.30. The van der Waals surface area contributed by atoms with Crippen LogP contribution in [-0.4, -0.2) is 23.5 Å². The van der Waals surface area contributed by atoms with E-state index in [9.17, 15) is 13.2 Å². The maximum Gasteiger partial charge on any atom is 0.416 e. The van der Waals surface area contributed by atoms with Gasteiger partial charge < -0.3 is 4.90 Å². The Bertz CT molecular complexity index is 436. The lowest BCUT2D eigenvalue weighted by Crippen LogP contribution is -2.41. The summed E-state index contributed by atoms with van der Waals surface area (Å²) in [6.45, 7) is 0. The molecule has 0 N–H and O–H groups in total. The summed E-state index contributed by atoms with van der Waals surface area (Å²) in [5.41, 5.74) is -0.675. The van der Waals surface area contributed by atoms with Crippen LogP contribution in [0.2, 0.25) is 0 Å². The van der Waals surface area contributed by atoms with E-state index >= 15 is 0 Å². The molecular weight excluding hydrogens is 277 g/mol. The van der Waals surface area contributed by atoms with Crippen molar-refractivity contribution < 1.29 is 13.2 Å². The molecule has 19 heavy (non-hydrogen) atoms. The van der Waals surface area contributed by atoms with Crippen molar-refractivity contribution in [2.24, 2.45) is 0 Å². The van der Waals surface area contributed by atoms with Crippen LogP contribution in [0.5, 0.6) is 0 Å². The quantitative estimate of drug-likeness (QED) is 0.763. The van der Waals surface area contributed by atoms with Gasteiger partial charge in [-0.2, -0.15) is 13.2 Å². The van der Waals surface area contributed by atoms with Gasteiger partial charge in [0.15, 0.2) is 0 Å². The van der Waals surface area contributed by atoms with Gasteiger partial charge in [-0.1, -0.05) is 12.8 Å². The molecule has 2 nitrogen and oxygen atoms in total. The average molecular weight is 293 g/mol. The summed E-state index contributed by atoms with van der Waals surface area (Å²) < 4.78 is 38.0. The van der Waals surface area contributed by atoms with Crippen LogP contribution in [0.3, 0.4) is 0 Å². The van der Waals surface area contributed by atoms with Gasteiger partial charge in [0.2, 0.25) is 0 Å². The lowest BCUT2D eigenvalue weighted by atomic mass is 9.94. The van der Waals surface area contributed by atoms with Gasteiger partial charge in [-0.15, -0.1) is 11.6 Å². The molecule has 1 heterocycles. The predicted molar refractivity (Wildman–Crippen MR) is 69.5 cm³/mol. The van der Waals surface area contributed by atoms with Crippen LogP contribution < -0.4 is 4.90 Å². The molecule has 2 rings (SSSR count). The molecule has 106 valence electrons. The highest BCUT2D eigenvalue weighted by atomic mass is 35.5. The van der Waals surface area contributed by atoms with E-state index in [2.05, 4.69) is 4.98 Å². The van der Waals surface area contributed by atoms with Crippen molar-refractivity contribution in [1.29, 1.82) is 0 Å². The average Bonchev–Trinajstić information content (AvgIpc) is 2.38. The van der Waals surface area contributed by atoms with Gasteiger partial charge in [0.1, 0.15) is 5.82 Å². The number of pyridine rings is 1.